The van der Waals surface area contributed by atoms with Gasteiger partial charge in [-0.3, -0.25) is 4.79 Å². The van der Waals surface area contributed by atoms with E-state index in [1.54, 1.807) is 11.1 Å². The van der Waals surface area contributed by atoms with Crippen LogP contribution < -0.4 is 15.4 Å². The van der Waals surface area contributed by atoms with Crippen molar-refractivity contribution in [3.8, 4) is 5.88 Å². The Bertz CT molecular complexity index is 865. The number of amides is 1. The normalized spacial score (nSPS) is 18.0. The molecule has 29 heavy (non-hydrogen) atoms. The van der Waals surface area contributed by atoms with Crippen LogP contribution in [0.25, 0.3) is 0 Å². The molecule has 1 amide bonds. The monoisotopic (exact) mass is 400 g/mol. The van der Waals surface area contributed by atoms with E-state index in [0.717, 1.165) is 32.0 Å². The molecule has 0 saturated carbocycles. The van der Waals surface area contributed by atoms with Crippen LogP contribution >= 0.6 is 0 Å². The predicted octanol–water partition coefficient (Wildman–Crippen LogP) is 2.32. The minimum absolute atomic E-state index is 0.0173. The number of nitrogens with two attached hydrogens (primary N) is 1. The number of likely N-dealkylation sites (tertiary alicyclic amines) is 1. The third kappa shape index (κ3) is 4.59. The average Bonchev–Trinajstić information content (AvgIpc) is 2.76. The number of carbonyl (C=O) groups is 1. The standard InChI is InChI=1S/C21H25FN4O3/c22-15-1-2-19(23)18(13-15)21(27)26-7-4-17(5-8-26)29-20-14-16(3-6-24-20)25-9-11-28-12-10-25/h1-3,6,13-14,17H,4-5,7-12,23H2. The fourth-order valence-electron chi connectivity index (χ4n) is 3.71. The van der Waals surface area contributed by atoms with E-state index in [0.29, 0.717) is 37.5 Å². The molecule has 2 N–H and O–H groups in total. The van der Waals surface area contributed by atoms with Crippen molar-refractivity contribution in [3.63, 3.8) is 0 Å². The maximum absolute atomic E-state index is 13.5. The van der Waals surface area contributed by atoms with Gasteiger partial charge in [-0.1, -0.05) is 0 Å². The zero-order chi connectivity index (χ0) is 20.2. The van der Waals surface area contributed by atoms with Crippen LogP contribution in [0.15, 0.2) is 36.5 Å². The van der Waals surface area contributed by atoms with Crippen LogP contribution in [-0.2, 0) is 4.74 Å². The molecule has 3 heterocycles. The van der Waals surface area contributed by atoms with Gasteiger partial charge in [0.1, 0.15) is 11.9 Å². The Balaban J connectivity index is 1.34. The number of morpholine rings is 1. The van der Waals surface area contributed by atoms with Crippen LogP contribution in [-0.4, -0.2) is 61.3 Å². The number of benzene rings is 1. The number of piperidine rings is 1. The molecule has 154 valence electrons. The van der Waals surface area contributed by atoms with Crippen molar-refractivity contribution in [2.45, 2.75) is 18.9 Å². The van der Waals surface area contributed by atoms with Crippen molar-refractivity contribution >= 4 is 17.3 Å². The van der Waals surface area contributed by atoms with Crippen molar-refractivity contribution in [1.29, 1.82) is 0 Å². The highest BCUT2D eigenvalue weighted by Gasteiger charge is 2.26. The number of ether oxygens (including phenoxy) is 2. The third-order valence-electron chi connectivity index (χ3n) is 5.36. The number of nitrogens with zero attached hydrogens (tertiary/aromatic N) is 3. The van der Waals surface area contributed by atoms with Gasteiger partial charge in [0, 0.05) is 62.7 Å². The summed E-state index contributed by atoms with van der Waals surface area (Å²) < 4.78 is 25.0. The lowest BCUT2D eigenvalue weighted by Crippen LogP contribution is -2.42. The topological polar surface area (TPSA) is 80.9 Å². The van der Waals surface area contributed by atoms with E-state index in [1.165, 1.54) is 18.2 Å². The summed E-state index contributed by atoms with van der Waals surface area (Å²) in [5.74, 6) is -0.118. The van der Waals surface area contributed by atoms with Gasteiger partial charge in [-0.2, -0.15) is 0 Å². The van der Waals surface area contributed by atoms with Crippen molar-refractivity contribution in [2.24, 2.45) is 0 Å². The number of anilines is 2. The van der Waals surface area contributed by atoms with Gasteiger partial charge in [0.25, 0.3) is 5.91 Å². The van der Waals surface area contributed by atoms with Gasteiger partial charge in [0.05, 0.1) is 18.8 Å². The molecular weight excluding hydrogens is 375 g/mol. The van der Waals surface area contributed by atoms with Crippen molar-refractivity contribution in [2.75, 3.05) is 50.0 Å². The number of nitrogen functional groups attached to an aromatic ring is 1. The zero-order valence-electron chi connectivity index (χ0n) is 16.2. The van der Waals surface area contributed by atoms with Gasteiger partial charge in [-0.15, -0.1) is 0 Å². The van der Waals surface area contributed by atoms with Crippen molar-refractivity contribution < 1.29 is 18.7 Å². The second-order valence-electron chi connectivity index (χ2n) is 7.29. The highest BCUT2D eigenvalue weighted by atomic mass is 19.1. The minimum atomic E-state index is -0.466. The first-order chi connectivity index (χ1) is 14.1. The van der Waals surface area contributed by atoms with Crippen LogP contribution in [0.5, 0.6) is 5.88 Å². The Labute approximate surface area is 169 Å². The Morgan fingerprint density at radius 2 is 1.90 bits per heavy atom. The third-order valence-corrected chi connectivity index (χ3v) is 5.36. The lowest BCUT2D eigenvalue weighted by Gasteiger charge is -2.32. The number of pyridine rings is 1. The molecule has 8 heteroatoms. The Morgan fingerprint density at radius 1 is 1.14 bits per heavy atom. The molecule has 0 unspecified atom stereocenters. The van der Waals surface area contributed by atoms with Gasteiger partial charge in [0.15, 0.2) is 0 Å². The summed E-state index contributed by atoms with van der Waals surface area (Å²) in [6, 6.07) is 7.80. The molecule has 0 spiro atoms. The van der Waals surface area contributed by atoms with E-state index in [9.17, 15) is 9.18 Å². The van der Waals surface area contributed by atoms with Gasteiger partial charge in [-0.05, 0) is 24.3 Å². The molecule has 1 aromatic carbocycles. The summed E-state index contributed by atoms with van der Waals surface area (Å²) >= 11 is 0. The van der Waals surface area contributed by atoms with E-state index in [-0.39, 0.29) is 17.6 Å². The number of aromatic nitrogens is 1. The van der Waals surface area contributed by atoms with Crippen molar-refractivity contribution in [3.05, 3.63) is 47.9 Å². The highest BCUT2D eigenvalue weighted by Crippen LogP contribution is 2.24. The molecule has 2 aromatic rings. The summed E-state index contributed by atoms with van der Waals surface area (Å²) in [5.41, 5.74) is 7.42. The number of hydrogen-bond acceptors (Lipinski definition) is 6. The molecule has 0 radical (unpaired) electrons. The fraction of sp³-hybridized carbons (Fsp3) is 0.429. The smallest absolute Gasteiger partial charge is 0.256 e. The molecule has 7 nitrogen and oxygen atoms in total. The van der Waals surface area contributed by atoms with Gasteiger partial charge >= 0.3 is 0 Å². The van der Waals surface area contributed by atoms with Crippen LogP contribution in [0.1, 0.15) is 23.2 Å². The van der Waals surface area contributed by atoms with E-state index < -0.39 is 5.82 Å². The second-order valence-corrected chi connectivity index (χ2v) is 7.29. The Kier molecular flexibility index (Phi) is 5.80. The molecule has 0 bridgehead atoms. The van der Waals surface area contributed by atoms with Crippen molar-refractivity contribution in [1.82, 2.24) is 9.88 Å². The summed E-state index contributed by atoms with van der Waals surface area (Å²) in [6.45, 7) is 4.22. The number of hydrogen-bond donors (Lipinski definition) is 1. The largest absolute Gasteiger partial charge is 0.474 e. The maximum Gasteiger partial charge on any atom is 0.256 e. The fourth-order valence-corrected chi connectivity index (χ4v) is 3.71. The minimum Gasteiger partial charge on any atom is -0.474 e. The number of carbonyl (C=O) groups excluding carboxylic acids is 1. The SMILES string of the molecule is Nc1ccc(F)cc1C(=O)N1CCC(Oc2cc(N3CCOCC3)ccn2)CC1. The first kappa shape index (κ1) is 19.4. The first-order valence-corrected chi connectivity index (χ1v) is 9.90. The molecule has 0 atom stereocenters. The lowest BCUT2D eigenvalue weighted by molar-refractivity contribution is 0.0588. The van der Waals surface area contributed by atoms with Crippen LogP contribution in [0.4, 0.5) is 15.8 Å². The molecule has 2 fully saturated rings. The van der Waals surface area contributed by atoms with Crippen LogP contribution in [0.3, 0.4) is 0 Å². The van der Waals surface area contributed by atoms with E-state index in [1.807, 2.05) is 12.1 Å². The Morgan fingerprint density at radius 3 is 2.66 bits per heavy atom. The summed E-state index contributed by atoms with van der Waals surface area (Å²) in [4.78, 5) is 21.0. The molecule has 0 aliphatic carbocycles. The summed E-state index contributed by atoms with van der Waals surface area (Å²) in [6.07, 6.45) is 3.11. The Hall–Kier alpha value is -2.87. The molecule has 4 rings (SSSR count). The van der Waals surface area contributed by atoms with Gasteiger partial charge in [0.2, 0.25) is 5.88 Å². The van der Waals surface area contributed by atoms with E-state index in [4.69, 9.17) is 15.2 Å². The van der Waals surface area contributed by atoms with Crippen LogP contribution in [0.2, 0.25) is 0 Å². The van der Waals surface area contributed by atoms with E-state index in [2.05, 4.69) is 9.88 Å². The quantitative estimate of drug-likeness (QED) is 0.794. The highest BCUT2D eigenvalue weighted by molar-refractivity contribution is 5.99. The molecule has 2 aliphatic rings. The number of halogens is 1. The second kappa shape index (κ2) is 8.65. The van der Waals surface area contributed by atoms with E-state index >= 15 is 0 Å². The molecule has 2 saturated heterocycles. The molecular formula is C21H25FN4O3. The maximum atomic E-state index is 13.5. The van der Waals surface area contributed by atoms with Gasteiger partial charge in [-0.25, -0.2) is 9.37 Å². The summed E-state index contributed by atoms with van der Waals surface area (Å²) in [5, 5.41) is 0. The molecule has 2 aliphatic heterocycles. The van der Waals surface area contributed by atoms with Gasteiger partial charge < -0.3 is 25.0 Å². The first-order valence-electron chi connectivity index (χ1n) is 9.90. The van der Waals surface area contributed by atoms with Crippen LogP contribution in [0, 0.1) is 5.82 Å². The lowest BCUT2D eigenvalue weighted by atomic mass is 10.1. The summed E-state index contributed by atoms with van der Waals surface area (Å²) in [7, 11) is 0. The number of rotatable bonds is 4. The average molecular weight is 400 g/mol. The predicted molar refractivity (Wildman–Crippen MR) is 108 cm³/mol. The zero-order valence-corrected chi connectivity index (χ0v) is 16.2. The molecule has 1 aromatic heterocycles.